The molecule has 8 heteroatoms. The second-order valence-electron chi connectivity index (χ2n) is 7.05. The van der Waals surface area contributed by atoms with E-state index < -0.39 is 0 Å². The third kappa shape index (κ3) is 2.95. The van der Waals surface area contributed by atoms with E-state index in [1.165, 1.54) is 0 Å². The van der Waals surface area contributed by atoms with Gasteiger partial charge in [0.05, 0.1) is 17.6 Å². The van der Waals surface area contributed by atoms with Gasteiger partial charge in [0.2, 0.25) is 11.8 Å². The standard InChI is InChI=1S/C18H22N6O2/c1-11-21-15-9-20-5-2-14(15)18(22-11)23-6-3-13(4-7-23)24-10-12(17(19)26)8-16(24)25/h2,5,9,12-13H,3-4,6-8,10H2,1H3,(H2,19,26). The van der Waals surface area contributed by atoms with Gasteiger partial charge in [0, 0.05) is 43.7 Å². The lowest BCUT2D eigenvalue weighted by Crippen LogP contribution is -2.46. The number of pyridine rings is 1. The van der Waals surface area contributed by atoms with E-state index in [1.807, 2.05) is 17.9 Å². The largest absolute Gasteiger partial charge is 0.369 e. The Morgan fingerprint density at radius 3 is 2.73 bits per heavy atom. The number of anilines is 1. The summed E-state index contributed by atoms with van der Waals surface area (Å²) in [4.78, 5) is 41.0. The summed E-state index contributed by atoms with van der Waals surface area (Å²) >= 11 is 0. The van der Waals surface area contributed by atoms with Crippen molar-refractivity contribution in [3.63, 3.8) is 0 Å². The van der Waals surface area contributed by atoms with Crippen LogP contribution in [0.3, 0.4) is 0 Å². The first-order chi connectivity index (χ1) is 12.5. The molecule has 2 saturated heterocycles. The van der Waals surface area contributed by atoms with Gasteiger partial charge in [-0.05, 0) is 25.8 Å². The molecule has 2 amide bonds. The molecule has 2 N–H and O–H groups in total. The Balaban J connectivity index is 1.49. The lowest BCUT2D eigenvalue weighted by Gasteiger charge is -2.37. The van der Waals surface area contributed by atoms with Crippen LogP contribution >= 0.6 is 0 Å². The van der Waals surface area contributed by atoms with E-state index in [2.05, 4.69) is 19.9 Å². The minimum absolute atomic E-state index is 0.0432. The van der Waals surface area contributed by atoms with E-state index >= 15 is 0 Å². The van der Waals surface area contributed by atoms with Crippen LogP contribution in [0.2, 0.25) is 0 Å². The summed E-state index contributed by atoms with van der Waals surface area (Å²) in [6.45, 7) is 3.96. The predicted octanol–water partition coefficient (Wildman–Crippen LogP) is 0.636. The number of piperidine rings is 1. The van der Waals surface area contributed by atoms with Crippen molar-refractivity contribution in [3.8, 4) is 0 Å². The van der Waals surface area contributed by atoms with Gasteiger partial charge in [-0.1, -0.05) is 0 Å². The SMILES string of the molecule is Cc1nc(N2CCC(N3CC(C(N)=O)CC3=O)CC2)c2ccncc2n1. The zero-order valence-corrected chi connectivity index (χ0v) is 14.8. The van der Waals surface area contributed by atoms with Crippen molar-refractivity contribution in [1.29, 1.82) is 0 Å². The summed E-state index contributed by atoms with van der Waals surface area (Å²) in [6.07, 6.45) is 5.47. The monoisotopic (exact) mass is 354 g/mol. The summed E-state index contributed by atoms with van der Waals surface area (Å²) in [6, 6.07) is 2.11. The summed E-state index contributed by atoms with van der Waals surface area (Å²) < 4.78 is 0. The van der Waals surface area contributed by atoms with Gasteiger partial charge in [-0.2, -0.15) is 0 Å². The summed E-state index contributed by atoms with van der Waals surface area (Å²) in [7, 11) is 0. The van der Waals surface area contributed by atoms with E-state index in [0.29, 0.717) is 6.54 Å². The topological polar surface area (TPSA) is 105 Å². The van der Waals surface area contributed by atoms with Crippen LogP contribution in [-0.2, 0) is 9.59 Å². The van der Waals surface area contributed by atoms with Crippen LogP contribution in [0.1, 0.15) is 25.1 Å². The maximum absolute atomic E-state index is 12.2. The average Bonchev–Trinajstić information content (AvgIpc) is 3.03. The number of amides is 2. The second-order valence-corrected chi connectivity index (χ2v) is 7.05. The van der Waals surface area contributed by atoms with Crippen molar-refractivity contribution in [3.05, 3.63) is 24.3 Å². The summed E-state index contributed by atoms with van der Waals surface area (Å²) in [5.74, 6) is 0.968. The molecular formula is C18H22N6O2. The minimum Gasteiger partial charge on any atom is -0.369 e. The van der Waals surface area contributed by atoms with Crippen molar-refractivity contribution < 1.29 is 9.59 Å². The number of likely N-dealkylation sites (tertiary alicyclic amines) is 1. The lowest BCUT2D eigenvalue weighted by atomic mass is 10.0. The molecule has 0 bridgehead atoms. The van der Waals surface area contributed by atoms with E-state index in [-0.39, 0.29) is 30.2 Å². The molecule has 2 aliphatic rings. The van der Waals surface area contributed by atoms with Crippen molar-refractivity contribution in [2.75, 3.05) is 24.5 Å². The number of nitrogens with zero attached hydrogens (tertiary/aromatic N) is 5. The molecule has 0 aliphatic carbocycles. The van der Waals surface area contributed by atoms with Crippen LogP contribution in [0.15, 0.2) is 18.5 Å². The maximum Gasteiger partial charge on any atom is 0.223 e. The van der Waals surface area contributed by atoms with Crippen LogP contribution in [-0.4, -0.2) is 57.3 Å². The number of nitrogens with two attached hydrogens (primary N) is 1. The quantitative estimate of drug-likeness (QED) is 0.867. The highest BCUT2D eigenvalue weighted by molar-refractivity contribution is 5.89. The van der Waals surface area contributed by atoms with Crippen LogP contribution in [0.5, 0.6) is 0 Å². The van der Waals surface area contributed by atoms with Crippen LogP contribution in [0.25, 0.3) is 10.9 Å². The highest BCUT2D eigenvalue weighted by atomic mass is 16.2. The van der Waals surface area contributed by atoms with E-state index in [9.17, 15) is 9.59 Å². The Labute approximate surface area is 151 Å². The molecular weight excluding hydrogens is 332 g/mol. The Hall–Kier alpha value is -2.77. The zero-order valence-electron chi connectivity index (χ0n) is 14.8. The molecule has 136 valence electrons. The first kappa shape index (κ1) is 16.7. The second kappa shape index (κ2) is 6.51. The van der Waals surface area contributed by atoms with Gasteiger partial charge in [-0.25, -0.2) is 9.97 Å². The molecule has 8 nitrogen and oxygen atoms in total. The molecule has 0 spiro atoms. The molecule has 0 saturated carbocycles. The molecule has 1 atom stereocenters. The summed E-state index contributed by atoms with van der Waals surface area (Å²) in [5.41, 5.74) is 6.22. The van der Waals surface area contributed by atoms with Crippen molar-refractivity contribution in [2.24, 2.45) is 11.7 Å². The average molecular weight is 354 g/mol. The number of primary amides is 1. The Kier molecular flexibility index (Phi) is 4.18. The lowest BCUT2D eigenvalue weighted by molar-refractivity contribution is -0.130. The molecule has 26 heavy (non-hydrogen) atoms. The molecule has 2 fully saturated rings. The van der Waals surface area contributed by atoms with Crippen LogP contribution in [0.4, 0.5) is 5.82 Å². The number of fused-ring (bicyclic) bond motifs is 1. The van der Waals surface area contributed by atoms with Gasteiger partial charge >= 0.3 is 0 Å². The minimum atomic E-state index is -0.380. The van der Waals surface area contributed by atoms with Crippen molar-refractivity contribution in [1.82, 2.24) is 19.9 Å². The molecule has 4 rings (SSSR count). The van der Waals surface area contributed by atoms with Gasteiger partial charge in [-0.15, -0.1) is 0 Å². The van der Waals surface area contributed by atoms with Gasteiger partial charge in [-0.3, -0.25) is 14.6 Å². The molecule has 2 aliphatic heterocycles. The van der Waals surface area contributed by atoms with Gasteiger partial charge < -0.3 is 15.5 Å². The Morgan fingerprint density at radius 2 is 2.04 bits per heavy atom. The van der Waals surface area contributed by atoms with Crippen molar-refractivity contribution in [2.45, 2.75) is 32.2 Å². The molecule has 0 aromatic carbocycles. The number of carbonyl (C=O) groups is 2. The normalized spacial score (nSPS) is 21.6. The fraction of sp³-hybridized carbons (Fsp3) is 0.500. The molecule has 2 aromatic heterocycles. The van der Waals surface area contributed by atoms with Crippen molar-refractivity contribution >= 4 is 28.5 Å². The molecule has 1 unspecified atom stereocenters. The van der Waals surface area contributed by atoms with Gasteiger partial charge in [0.15, 0.2) is 0 Å². The number of hydrogen-bond donors (Lipinski definition) is 1. The fourth-order valence-corrected chi connectivity index (χ4v) is 3.98. The first-order valence-electron chi connectivity index (χ1n) is 8.95. The zero-order chi connectivity index (χ0) is 18.3. The van der Waals surface area contributed by atoms with Crippen LogP contribution in [0, 0.1) is 12.8 Å². The van der Waals surface area contributed by atoms with Gasteiger partial charge in [0.1, 0.15) is 11.6 Å². The highest BCUT2D eigenvalue weighted by Gasteiger charge is 2.38. The van der Waals surface area contributed by atoms with E-state index in [0.717, 1.165) is 48.5 Å². The number of hydrogen-bond acceptors (Lipinski definition) is 6. The van der Waals surface area contributed by atoms with Crippen LogP contribution < -0.4 is 10.6 Å². The number of rotatable bonds is 3. The molecule has 2 aromatic rings. The highest BCUT2D eigenvalue weighted by Crippen LogP contribution is 2.29. The summed E-state index contributed by atoms with van der Waals surface area (Å²) in [5, 5.41) is 0.995. The third-order valence-electron chi connectivity index (χ3n) is 5.36. The maximum atomic E-state index is 12.2. The van der Waals surface area contributed by atoms with E-state index in [4.69, 9.17) is 5.73 Å². The number of aromatic nitrogens is 3. The Morgan fingerprint density at radius 1 is 1.27 bits per heavy atom. The smallest absolute Gasteiger partial charge is 0.223 e. The Bertz CT molecular complexity index is 862. The fourth-order valence-electron chi connectivity index (χ4n) is 3.98. The molecule has 4 heterocycles. The number of aryl methyl sites for hydroxylation is 1. The molecule has 0 radical (unpaired) electrons. The first-order valence-corrected chi connectivity index (χ1v) is 8.95. The van der Waals surface area contributed by atoms with E-state index in [1.54, 1.807) is 12.4 Å². The predicted molar refractivity (Wildman–Crippen MR) is 96.3 cm³/mol. The van der Waals surface area contributed by atoms with Gasteiger partial charge in [0.25, 0.3) is 0 Å². The number of carbonyl (C=O) groups excluding carboxylic acids is 2. The third-order valence-corrected chi connectivity index (χ3v) is 5.36.